The number of hydrogen-bond donors (Lipinski definition) is 1. The van der Waals surface area contributed by atoms with Crippen molar-refractivity contribution in [1.29, 1.82) is 0 Å². The van der Waals surface area contributed by atoms with Crippen molar-refractivity contribution in [3.05, 3.63) is 78.4 Å². The molecule has 3 rings (SSSR count). The van der Waals surface area contributed by atoms with Crippen LogP contribution in [-0.2, 0) is 6.54 Å². The maximum atomic E-state index is 13.6. The summed E-state index contributed by atoms with van der Waals surface area (Å²) in [5.74, 6) is -1.13. The van der Waals surface area contributed by atoms with E-state index in [0.29, 0.717) is 5.56 Å². The van der Waals surface area contributed by atoms with Crippen molar-refractivity contribution in [1.82, 2.24) is 9.55 Å². The van der Waals surface area contributed by atoms with Crippen molar-refractivity contribution < 1.29 is 8.78 Å². The Morgan fingerprint density at radius 3 is 2.71 bits per heavy atom. The monoisotopic (exact) mass is 285 g/mol. The number of imidazole rings is 1. The fourth-order valence-electron chi connectivity index (χ4n) is 2.11. The number of nitrogens with zero attached hydrogens (tertiary/aromatic N) is 2. The second kappa shape index (κ2) is 5.75. The molecular formula is C16H13F2N3. The van der Waals surface area contributed by atoms with Gasteiger partial charge in [-0.1, -0.05) is 18.2 Å². The van der Waals surface area contributed by atoms with Crippen molar-refractivity contribution in [2.24, 2.45) is 0 Å². The van der Waals surface area contributed by atoms with E-state index in [0.717, 1.165) is 17.4 Å². The molecule has 3 aromatic rings. The highest BCUT2D eigenvalue weighted by atomic mass is 19.1. The summed E-state index contributed by atoms with van der Waals surface area (Å²) >= 11 is 0. The number of anilines is 1. The van der Waals surface area contributed by atoms with Crippen LogP contribution in [0.25, 0.3) is 5.69 Å². The summed E-state index contributed by atoms with van der Waals surface area (Å²) in [5, 5.41) is 3.17. The van der Waals surface area contributed by atoms with Crippen molar-refractivity contribution >= 4 is 5.69 Å². The van der Waals surface area contributed by atoms with Gasteiger partial charge >= 0.3 is 0 Å². The van der Waals surface area contributed by atoms with Gasteiger partial charge in [0.1, 0.15) is 11.6 Å². The highest BCUT2D eigenvalue weighted by Gasteiger charge is 2.06. The quantitative estimate of drug-likeness (QED) is 0.791. The molecule has 2 aromatic carbocycles. The smallest absolute Gasteiger partial charge is 0.131 e. The van der Waals surface area contributed by atoms with Gasteiger partial charge in [-0.05, 0) is 18.2 Å². The first-order valence-corrected chi connectivity index (χ1v) is 6.49. The zero-order valence-electron chi connectivity index (χ0n) is 11.1. The summed E-state index contributed by atoms with van der Waals surface area (Å²) in [4.78, 5) is 4.02. The highest BCUT2D eigenvalue weighted by Crippen LogP contribution is 2.21. The van der Waals surface area contributed by atoms with Crippen LogP contribution in [0.4, 0.5) is 14.5 Å². The molecule has 106 valence electrons. The Balaban J connectivity index is 1.83. The summed E-state index contributed by atoms with van der Waals surface area (Å²) in [5.41, 5.74) is 2.17. The number of benzene rings is 2. The third-order valence-corrected chi connectivity index (χ3v) is 3.17. The topological polar surface area (TPSA) is 29.9 Å². The fourth-order valence-corrected chi connectivity index (χ4v) is 2.11. The summed E-state index contributed by atoms with van der Waals surface area (Å²) in [6, 6.07) is 11.2. The third kappa shape index (κ3) is 2.91. The van der Waals surface area contributed by atoms with Crippen LogP contribution in [0, 0.1) is 11.6 Å². The van der Waals surface area contributed by atoms with Crippen molar-refractivity contribution in [3.63, 3.8) is 0 Å². The Morgan fingerprint density at radius 2 is 1.95 bits per heavy atom. The first-order chi connectivity index (χ1) is 10.2. The summed E-state index contributed by atoms with van der Waals surface area (Å²) < 4.78 is 28.4. The van der Waals surface area contributed by atoms with Gasteiger partial charge in [0.2, 0.25) is 0 Å². The van der Waals surface area contributed by atoms with Crippen LogP contribution in [0.15, 0.2) is 61.2 Å². The molecule has 0 atom stereocenters. The van der Waals surface area contributed by atoms with E-state index in [4.69, 9.17) is 0 Å². The second-order valence-corrected chi connectivity index (χ2v) is 4.58. The highest BCUT2D eigenvalue weighted by molar-refractivity contribution is 5.61. The molecule has 5 heteroatoms. The van der Waals surface area contributed by atoms with Crippen LogP contribution in [0.5, 0.6) is 0 Å². The molecule has 0 unspecified atom stereocenters. The van der Waals surface area contributed by atoms with Crippen molar-refractivity contribution in [2.45, 2.75) is 6.54 Å². The van der Waals surface area contributed by atoms with E-state index in [2.05, 4.69) is 10.3 Å². The molecule has 0 amide bonds. The molecule has 0 saturated carbocycles. The molecule has 0 saturated heterocycles. The second-order valence-electron chi connectivity index (χ2n) is 4.58. The molecule has 3 nitrogen and oxygen atoms in total. The maximum absolute atomic E-state index is 13.6. The Hall–Kier alpha value is -2.69. The van der Waals surface area contributed by atoms with E-state index in [1.807, 2.05) is 35.0 Å². The van der Waals surface area contributed by atoms with Crippen LogP contribution in [0.3, 0.4) is 0 Å². The number of halogens is 2. The Labute approximate surface area is 120 Å². The molecular weight excluding hydrogens is 272 g/mol. The van der Waals surface area contributed by atoms with E-state index >= 15 is 0 Å². The molecule has 0 fully saturated rings. The lowest BCUT2D eigenvalue weighted by molar-refractivity contribution is 0.574. The van der Waals surface area contributed by atoms with E-state index in [9.17, 15) is 8.78 Å². The van der Waals surface area contributed by atoms with Gasteiger partial charge < -0.3 is 9.88 Å². The Bertz CT molecular complexity index is 739. The predicted molar refractivity (Wildman–Crippen MR) is 77.2 cm³/mol. The Kier molecular flexibility index (Phi) is 3.64. The zero-order chi connectivity index (χ0) is 14.7. The van der Waals surface area contributed by atoms with Crippen molar-refractivity contribution in [3.8, 4) is 5.69 Å². The first-order valence-electron chi connectivity index (χ1n) is 6.49. The molecule has 0 radical (unpaired) electrons. The summed E-state index contributed by atoms with van der Waals surface area (Å²) in [7, 11) is 0. The lowest BCUT2D eigenvalue weighted by Crippen LogP contribution is -2.05. The lowest BCUT2D eigenvalue weighted by Gasteiger charge is -2.13. The number of nitrogens with one attached hydrogen (secondary N) is 1. The fraction of sp³-hybridized carbons (Fsp3) is 0.0625. The van der Waals surface area contributed by atoms with E-state index in [1.165, 1.54) is 12.1 Å². The number of para-hydroxylation sites is 2. The van der Waals surface area contributed by atoms with Crippen LogP contribution >= 0.6 is 0 Å². The van der Waals surface area contributed by atoms with Crippen LogP contribution in [0.2, 0.25) is 0 Å². The van der Waals surface area contributed by atoms with Crippen LogP contribution in [0.1, 0.15) is 5.56 Å². The van der Waals surface area contributed by atoms with Gasteiger partial charge in [-0.2, -0.15) is 0 Å². The number of hydrogen-bond acceptors (Lipinski definition) is 2. The maximum Gasteiger partial charge on any atom is 0.131 e. The predicted octanol–water partition coefficient (Wildman–Crippen LogP) is 3.76. The molecule has 0 spiro atoms. The number of rotatable bonds is 4. The molecule has 1 aromatic heterocycles. The van der Waals surface area contributed by atoms with Gasteiger partial charge in [0.15, 0.2) is 0 Å². The number of aromatic nitrogens is 2. The Morgan fingerprint density at radius 1 is 1.10 bits per heavy atom. The minimum atomic E-state index is -0.574. The SMILES string of the molecule is Fc1ccc(CNc2ccccc2-n2ccnc2)c(F)c1. The summed E-state index contributed by atoms with van der Waals surface area (Å²) in [6.07, 6.45) is 5.22. The normalized spacial score (nSPS) is 10.6. The van der Waals surface area contributed by atoms with Crippen LogP contribution < -0.4 is 5.32 Å². The van der Waals surface area contributed by atoms with E-state index in [-0.39, 0.29) is 6.54 Å². The minimum Gasteiger partial charge on any atom is -0.379 e. The minimum absolute atomic E-state index is 0.276. The average molecular weight is 285 g/mol. The largest absolute Gasteiger partial charge is 0.379 e. The lowest BCUT2D eigenvalue weighted by atomic mass is 10.2. The van der Waals surface area contributed by atoms with Gasteiger partial charge in [-0.25, -0.2) is 13.8 Å². The third-order valence-electron chi connectivity index (χ3n) is 3.17. The molecule has 1 heterocycles. The molecule has 0 aliphatic heterocycles. The van der Waals surface area contributed by atoms with E-state index < -0.39 is 11.6 Å². The van der Waals surface area contributed by atoms with Gasteiger partial charge in [0.05, 0.1) is 17.7 Å². The van der Waals surface area contributed by atoms with E-state index in [1.54, 1.807) is 12.5 Å². The standard InChI is InChI=1S/C16H13F2N3/c17-13-6-5-12(14(18)9-13)10-20-15-3-1-2-4-16(15)21-8-7-19-11-21/h1-9,11,20H,10H2. The molecule has 21 heavy (non-hydrogen) atoms. The van der Waals surface area contributed by atoms with Gasteiger partial charge in [-0.15, -0.1) is 0 Å². The van der Waals surface area contributed by atoms with Crippen molar-refractivity contribution in [2.75, 3.05) is 5.32 Å². The van der Waals surface area contributed by atoms with Gasteiger partial charge in [0.25, 0.3) is 0 Å². The molecule has 0 aliphatic carbocycles. The first kappa shape index (κ1) is 13.3. The summed E-state index contributed by atoms with van der Waals surface area (Å²) in [6.45, 7) is 0.276. The average Bonchev–Trinajstić information content (AvgIpc) is 3.01. The molecule has 0 bridgehead atoms. The molecule has 1 N–H and O–H groups in total. The van der Waals surface area contributed by atoms with Crippen LogP contribution in [-0.4, -0.2) is 9.55 Å². The van der Waals surface area contributed by atoms with Gasteiger partial charge in [-0.3, -0.25) is 0 Å². The molecule has 0 aliphatic rings. The zero-order valence-corrected chi connectivity index (χ0v) is 11.1. The van der Waals surface area contributed by atoms with Gasteiger partial charge in [0, 0.05) is 30.6 Å².